The molecule has 6 heteroatoms. The molecule has 0 amide bonds. The summed E-state index contributed by atoms with van der Waals surface area (Å²) in [7, 11) is 0. The van der Waals surface area contributed by atoms with E-state index >= 15 is 0 Å². The average molecular weight is 1040 g/mol. The number of carbonyl (C=O) groups excluding carboxylic acids is 3. The van der Waals surface area contributed by atoms with Crippen molar-refractivity contribution in [3.8, 4) is 0 Å². The van der Waals surface area contributed by atoms with Crippen LogP contribution in [0.15, 0.2) is 122 Å². The Labute approximate surface area is 462 Å². The second kappa shape index (κ2) is 62.4. The first-order valence-electron chi connectivity index (χ1n) is 31.0. The summed E-state index contributed by atoms with van der Waals surface area (Å²) in [5.41, 5.74) is 0. The predicted octanol–water partition coefficient (Wildman–Crippen LogP) is 21.2. The first kappa shape index (κ1) is 70.8. The smallest absolute Gasteiger partial charge is 0.306 e. The van der Waals surface area contributed by atoms with Gasteiger partial charge in [-0.1, -0.05) is 251 Å². The quantitative estimate of drug-likeness (QED) is 0.0261. The highest BCUT2D eigenvalue weighted by Gasteiger charge is 2.19. The lowest BCUT2D eigenvalue weighted by Gasteiger charge is -2.18. The van der Waals surface area contributed by atoms with Gasteiger partial charge in [-0.2, -0.15) is 0 Å². The van der Waals surface area contributed by atoms with Gasteiger partial charge in [0.1, 0.15) is 13.2 Å². The van der Waals surface area contributed by atoms with Crippen molar-refractivity contribution in [1.29, 1.82) is 0 Å². The number of hydrogen-bond donors (Lipinski definition) is 0. The molecule has 0 radical (unpaired) electrons. The van der Waals surface area contributed by atoms with E-state index in [0.29, 0.717) is 19.3 Å². The van der Waals surface area contributed by atoms with Crippen LogP contribution in [-0.2, 0) is 28.6 Å². The minimum atomic E-state index is -0.822. The molecule has 0 aliphatic rings. The van der Waals surface area contributed by atoms with Crippen molar-refractivity contribution in [2.24, 2.45) is 0 Å². The molecule has 1 atom stereocenters. The molecule has 75 heavy (non-hydrogen) atoms. The van der Waals surface area contributed by atoms with Crippen LogP contribution < -0.4 is 0 Å². The Bertz CT molecular complexity index is 1570. The molecule has 0 fully saturated rings. The highest BCUT2D eigenvalue weighted by atomic mass is 16.6. The van der Waals surface area contributed by atoms with Gasteiger partial charge in [0, 0.05) is 19.3 Å². The lowest BCUT2D eigenvalue weighted by molar-refractivity contribution is -0.167. The number of carbonyl (C=O) groups is 3. The molecule has 0 spiro atoms. The van der Waals surface area contributed by atoms with Gasteiger partial charge < -0.3 is 14.2 Å². The first-order chi connectivity index (χ1) is 37.0. The summed E-state index contributed by atoms with van der Waals surface area (Å²) in [4.78, 5) is 38.3. The SMILES string of the molecule is CC/C=C\C/C=C\C/C=C\C/C=C\C/C=C\CCCCCC(=O)O[C@H](COC(=O)CCC/C=C\C/C=C\C/C=C\C/C=C\CCCCC)COC(=O)CCCCCCCCCCCCC/C=C\CCCCCCCC. The molecular formula is C69H114O6. The Morgan fingerprint density at radius 1 is 0.280 bits per heavy atom. The molecule has 0 unspecified atom stereocenters. The largest absolute Gasteiger partial charge is 0.462 e. The van der Waals surface area contributed by atoms with Crippen molar-refractivity contribution >= 4 is 17.9 Å². The van der Waals surface area contributed by atoms with Crippen LogP contribution in [0, 0.1) is 0 Å². The van der Waals surface area contributed by atoms with Gasteiger partial charge in [-0.25, -0.2) is 0 Å². The van der Waals surface area contributed by atoms with Gasteiger partial charge >= 0.3 is 17.9 Å². The maximum Gasteiger partial charge on any atom is 0.306 e. The van der Waals surface area contributed by atoms with Crippen molar-refractivity contribution in [1.82, 2.24) is 0 Å². The number of allylic oxidation sites excluding steroid dienone is 20. The van der Waals surface area contributed by atoms with Crippen molar-refractivity contribution in [3.63, 3.8) is 0 Å². The summed E-state index contributed by atoms with van der Waals surface area (Å²) < 4.78 is 16.8. The topological polar surface area (TPSA) is 78.9 Å². The number of hydrogen-bond acceptors (Lipinski definition) is 6. The van der Waals surface area contributed by atoms with Crippen molar-refractivity contribution < 1.29 is 28.6 Å². The highest BCUT2D eigenvalue weighted by Crippen LogP contribution is 2.15. The zero-order chi connectivity index (χ0) is 54.3. The van der Waals surface area contributed by atoms with E-state index in [1.54, 1.807) is 0 Å². The molecule has 426 valence electrons. The third kappa shape index (κ3) is 60.6. The zero-order valence-corrected chi connectivity index (χ0v) is 48.8. The van der Waals surface area contributed by atoms with Gasteiger partial charge in [0.25, 0.3) is 0 Å². The van der Waals surface area contributed by atoms with E-state index in [4.69, 9.17) is 14.2 Å². The molecule has 0 heterocycles. The molecule has 0 rings (SSSR count). The van der Waals surface area contributed by atoms with Gasteiger partial charge in [-0.15, -0.1) is 0 Å². The monoisotopic (exact) mass is 1040 g/mol. The van der Waals surface area contributed by atoms with Gasteiger partial charge in [0.05, 0.1) is 0 Å². The summed E-state index contributed by atoms with van der Waals surface area (Å²) in [6, 6.07) is 0. The maximum atomic E-state index is 12.9. The Morgan fingerprint density at radius 2 is 0.533 bits per heavy atom. The standard InChI is InChI=1S/C69H114O6/c1-4-7-10-13-16-19-22-25-28-31-33-34-36-38-41-44-47-50-53-56-59-62-68(71)74-65-66(64-73-67(70)61-58-55-52-49-46-43-40-37-30-27-24-21-18-15-12-9-6-3)75-69(72)63-60-57-54-51-48-45-42-39-35-32-29-26-23-20-17-14-11-8-5-2/h8,11,17-18,20-21,25-30,35,39-40,43,45,48-49,52,66H,4-7,9-10,12-16,19,22-24,31-34,36-38,41-42,44,46-47,50-51,53-65H2,1-3H3/b11-8-,20-17-,21-18-,28-25-,29-26-,30-27-,39-35-,43-40-,48-45-,52-49-/t66-/m1/s1. The van der Waals surface area contributed by atoms with Crippen LogP contribution in [0.4, 0.5) is 0 Å². The summed E-state index contributed by atoms with van der Waals surface area (Å²) in [5, 5.41) is 0. The lowest BCUT2D eigenvalue weighted by Crippen LogP contribution is -2.30. The van der Waals surface area contributed by atoms with Crippen molar-refractivity contribution in [2.75, 3.05) is 13.2 Å². The van der Waals surface area contributed by atoms with Crippen molar-refractivity contribution in [3.05, 3.63) is 122 Å². The van der Waals surface area contributed by atoms with Gasteiger partial charge in [0.2, 0.25) is 0 Å². The maximum absolute atomic E-state index is 12.9. The third-order valence-electron chi connectivity index (χ3n) is 12.9. The normalized spacial score (nSPS) is 12.9. The lowest BCUT2D eigenvalue weighted by atomic mass is 10.0. The summed E-state index contributed by atoms with van der Waals surface area (Å²) in [6.07, 6.45) is 86.3. The van der Waals surface area contributed by atoms with E-state index in [-0.39, 0.29) is 44.0 Å². The summed E-state index contributed by atoms with van der Waals surface area (Å²) in [5.74, 6) is -1.00. The molecule has 0 N–H and O–H groups in total. The molecule has 0 aliphatic heterocycles. The minimum absolute atomic E-state index is 0.111. The molecule has 6 nitrogen and oxygen atoms in total. The second-order valence-electron chi connectivity index (χ2n) is 20.2. The van der Waals surface area contributed by atoms with E-state index in [2.05, 4.69) is 142 Å². The molecule has 0 bridgehead atoms. The van der Waals surface area contributed by atoms with Gasteiger partial charge in [0.15, 0.2) is 6.10 Å². The van der Waals surface area contributed by atoms with Gasteiger partial charge in [-0.05, 0) is 128 Å². The molecule has 0 saturated carbocycles. The second-order valence-corrected chi connectivity index (χ2v) is 20.2. The van der Waals surface area contributed by atoms with Crippen molar-refractivity contribution in [2.45, 2.75) is 284 Å². The van der Waals surface area contributed by atoms with Crippen LogP contribution in [0.25, 0.3) is 0 Å². The van der Waals surface area contributed by atoms with E-state index < -0.39 is 6.10 Å². The van der Waals surface area contributed by atoms with Crippen LogP contribution in [-0.4, -0.2) is 37.2 Å². The Balaban J connectivity index is 4.51. The summed E-state index contributed by atoms with van der Waals surface area (Å²) in [6.45, 7) is 6.43. The van der Waals surface area contributed by atoms with E-state index in [9.17, 15) is 14.4 Å². The third-order valence-corrected chi connectivity index (χ3v) is 12.9. The predicted molar refractivity (Wildman–Crippen MR) is 325 cm³/mol. The van der Waals surface area contributed by atoms with Crippen LogP contribution >= 0.6 is 0 Å². The van der Waals surface area contributed by atoms with E-state index in [1.807, 2.05) is 0 Å². The Hall–Kier alpha value is -4.19. The minimum Gasteiger partial charge on any atom is -0.462 e. The number of unbranched alkanes of at least 4 members (excludes halogenated alkanes) is 24. The van der Waals surface area contributed by atoms with E-state index in [0.717, 1.165) is 96.3 Å². The molecule has 0 aromatic heterocycles. The molecular weight excluding hydrogens is 925 g/mol. The highest BCUT2D eigenvalue weighted by molar-refractivity contribution is 5.71. The number of esters is 3. The summed E-state index contributed by atoms with van der Waals surface area (Å²) >= 11 is 0. The zero-order valence-electron chi connectivity index (χ0n) is 48.8. The van der Waals surface area contributed by atoms with E-state index in [1.165, 1.54) is 128 Å². The van der Waals surface area contributed by atoms with Crippen LogP contribution in [0.3, 0.4) is 0 Å². The average Bonchev–Trinajstić information content (AvgIpc) is 3.41. The molecule has 0 saturated heterocycles. The number of rotatable bonds is 55. The van der Waals surface area contributed by atoms with Gasteiger partial charge in [-0.3, -0.25) is 14.4 Å². The molecule has 0 aliphatic carbocycles. The molecule has 0 aromatic carbocycles. The molecule has 0 aromatic rings. The van der Waals surface area contributed by atoms with Crippen LogP contribution in [0.1, 0.15) is 278 Å². The van der Waals surface area contributed by atoms with Crippen LogP contribution in [0.2, 0.25) is 0 Å². The Morgan fingerprint density at radius 3 is 0.920 bits per heavy atom. The fourth-order valence-corrected chi connectivity index (χ4v) is 8.28. The first-order valence-corrected chi connectivity index (χ1v) is 31.0. The fourth-order valence-electron chi connectivity index (χ4n) is 8.28. The Kier molecular flexibility index (Phi) is 58.9. The van der Waals surface area contributed by atoms with Crippen LogP contribution in [0.5, 0.6) is 0 Å². The fraction of sp³-hybridized carbons (Fsp3) is 0.667. The number of ether oxygens (including phenoxy) is 3.